The van der Waals surface area contributed by atoms with Gasteiger partial charge in [-0.15, -0.1) is 0 Å². The predicted molar refractivity (Wildman–Crippen MR) is 68.7 cm³/mol. The van der Waals surface area contributed by atoms with Crippen LogP contribution in [0.2, 0.25) is 0 Å². The zero-order valence-electron chi connectivity index (χ0n) is 11.4. The highest BCUT2D eigenvalue weighted by molar-refractivity contribution is 5.73. The maximum atomic E-state index is 11.2. The lowest BCUT2D eigenvalue weighted by atomic mass is 10.0. The number of carboxylic acid groups (broad SMARTS) is 1. The highest BCUT2D eigenvalue weighted by atomic mass is 16.5. The molecular formula is C13H24N2O3. The molecule has 2 saturated heterocycles. The summed E-state index contributed by atoms with van der Waals surface area (Å²) >= 11 is 0. The fourth-order valence-corrected chi connectivity index (χ4v) is 3.06. The molecule has 0 aliphatic carbocycles. The van der Waals surface area contributed by atoms with Crippen molar-refractivity contribution in [1.29, 1.82) is 0 Å². The Morgan fingerprint density at radius 1 is 1.33 bits per heavy atom. The first-order valence-electron chi connectivity index (χ1n) is 6.80. The lowest BCUT2D eigenvalue weighted by Gasteiger charge is -2.43. The Balaban J connectivity index is 1.95. The lowest BCUT2D eigenvalue weighted by Crippen LogP contribution is -2.56. The van der Waals surface area contributed by atoms with E-state index < -0.39 is 5.97 Å². The highest BCUT2D eigenvalue weighted by Crippen LogP contribution is 2.24. The number of carboxylic acids is 1. The van der Waals surface area contributed by atoms with Crippen LogP contribution in [0.4, 0.5) is 0 Å². The molecule has 0 aromatic rings. The molecule has 2 heterocycles. The second-order valence-electron chi connectivity index (χ2n) is 5.88. The summed E-state index contributed by atoms with van der Waals surface area (Å²) in [6.45, 7) is 9.59. The summed E-state index contributed by atoms with van der Waals surface area (Å²) in [6, 6.07) is -0.287. The summed E-state index contributed by atoms with van der Waals surface area (Å²) in [4.78, 5) is 15.7. The molecular weight excluding hydrogens is 232 g/mol. The Kier molecular flexibility index (Phi) is 4.25. The first-order chi connectivity index (χ1) is 8.50. The van der Waals surface area contributed by atoms with E-state index in [-0.39, 0.29) is 11.6 Å². The third-order valence-electron chi connectivity index (χ3n) is 4.11. The van der Waals surface area contributed by atoms with Crippen LogP contribution in [-0.4, -0.2) is 71.8 Å². The molecule has 18 heavy (non-hydrogen) atoms. The Labute approximate surface area is 109 Å². The van der Waals surface area contributed by atoms with Gasteiger partial charge in [-0.3, -0.25) is 14.6 Å². The monoisotopic (exact) mass is 256 g/mol. The lowest BCUT2D eigenvalue weighted by molar-refractivity contribution is -0.142. The maximum absolute atomic E-state index is 11.2. The van der Waals surface area contributed by atoms with E-state index in [1.54, 1.807) is 0 Å². The minimum absolute atomic E-state index is 0.0157. The average molecular weight is 256 g/mol. The van der Waals surface area contributed by atoms with Crippen LogP contribution in [0.15, 0.2) is 0 Å². The van der Waals surface area contributed by atoms with E-state index in [1.807, 2.05) is 0 Å². The summed E-state index contributed by atoms with van der Waals surface area (Å²) in [7, 11) is 0. The number of likely N-dealkylation sites (tertiary alicyclic amines) is 1. The van der Waals surface area contributed by atoms with Gasteiger partial charge < -0.3 is 9.84 Å². The van der Waals surface area contributed by atoms with Crippen LogP contribution in [-0.2, 0) is 9.53 Å². The molecule has 1 atom stereocenters. The minimum Gasteiger partial charge on any atom is -0.480 e. The first-order valence-corrected chi connectivity index (χ1v) is 6.80. The zero-order chi connectivity index (χ0) is 13.2. The van der Waals surface area contributed by atoms with Gasteiger partial charge in [0.2, 0.25) is 0 Å². The molecule has 0 aromatic carbocycles. The molecule has 0 spiro atoms. The molecule has 2 fully saturated rings. The summed E-state index contributed by atoms with van der Waals surface area (Å²) in [5, 5.41) is 9.22. The van der Waals surface area contributed by atoms with Crippen molar-refractivity contribution in [2.45, 2.75) is 38.3 Å². The van der Waals surface area contributed by atoms with E-state index in [2.05, 4.69) is 23.6 Å². The molecule has 2 aliphatic rings. The average Bonchev–Trinajstić information content (AvgIpc) is 2.78. The van der Waals surface area contributed by atoms with Crippen molar-refractivity contribution in [1.82, 2.24) is 9.80 Å². The fourth-order valence-electron chi connectivity index (χ4n) is 3.06. The summed E-state index contributed by atoms with van der Waals surface area (Å²) < 4.78 is 5.37. The number of nitrogens with zero attached hydrogens (tertiary/aromatic N) is 2. The summed E-state index contributed by atoms with van der Waals surface area (Å²) in [6.07, 6.45) is 1.78. The topological polar surface area (TPSA) is 53.0 Å². The van der Waals surface area contributed by atoms with Crippen LogP contribution < -0.4 is 0 Å². The third-order valence-corrected chi connectivity index (χ3v) is 4.11. The van der Waals surface area contributed by atoms with Gasteiger partial charge in [0.15, 0.2) is 0 Å². The number of hydrogen-bond donors (Lipinski definition) is 1. The predicted octanol–water partition coefficient (Wildman–Crippen LogP) is 0.646. The number of carbonyl (C=O) groups is 1. The molecule has 0 unspecified atom stereocenters. The third kappa shape index (κ3) is 3.02. The normalized spacial score (nSPS) is 27.6. The number of aliphatic carboxylic acids is 1. The van der Waals surface area contributed by atoms with Crippen LogP contribution in [0, 0.1) is 0 Å². The fraction of sp³-hybridized carbons (Fsp3) is 0.923. The van der Waals surface area contributed by atoms with Gasteiger partial charge in [0.1, 0.15) is 6.04 Å². The summed E-state index contributed by atoms with van der Waals surface area (Å²) in [5.74, 6) is -0.676. The molecule has 0 saturated carbocycles. The molecule has 5 nitrogen and oxygen atoms in total. The van der Waals surface area contributed by atoms with Gasteiger partial charge in [-0.1, -0.05) is 0 Å². The van der Waals surface area contributed by atoms with Gasteiger partial charge >= 0.3 is 5.97 Å². The van der Waals surface area contributed by atoms with Crippen LogP contribution in [0.1, 0.15) is 26.7 Å². The van der Waals surface area contributed by atoms with Crippen molar-refractivity contribution in [3.05, 3.63) is 0 Å². The van der Waals surface area contributed by atoms with Crippen molar-refractivity contribution in [2.75, 3.05) is 39.4 Å². The van der Waals surface area contributed by atoms with Gasteiger partial charge in [-0.25, -0.2) is 0 Å². The largest absolute Gasteiger partial charge is 0.480 e. The van der Waals surface area contributed by atoms with Crippen molar-refractivity contribution in [2.24, 2.45) is 0 Å². The van der Waals surface area contributed by atoms with Gasteiger partial charge in [0.05, 0.1) is 13.2 Å². The molecule has 2 aliphatic heterocycles. The Hall–Kier alpha value is -0.650. The summed E-state index contributed by atoms with van der Waals surface area (Å²) in [5.41, 5.74) is 0.0157. The minimum atomic E-state index is -0.676. The maximum Gasteiger partial charge on any atom is 0.320 e. The highest BCUT2D eigenvalue weighted by Gasteiger charge is 2.37. The molecule has 5 heteroatoms. The van der Waals surface area contributed by atoms with Crippen LogP contribution >= 0.6 is 0 Å². The number of ether oxygens (including phenoxy) is 1. The van der Waals surface area contributed by atoms with E-state index >= 15 is 0 Å². The van der Waals surface area contributed by atoms with Crippen LogP contribution in [0.5, 0.6) is 0 Å². The SMILES string of the molecule is CC(C)(CN1CCC[C@@H]1C(=O)O)N1CCOCC1. The van der Waals surface area contributed by atoms with Crippen LogP contribution in [0.3, 0.4) is 0 Å². The first kappa shape index (κ1) is 13.8. The zero-order valence-corrected chi connectivity index (χ0v) is 11.4. The van der Waals surface area contributed by atoms with E-state index in [0.717, 1.165) is 52.2 Å². The molecule has 0 radical (unpaired) electrons. The smallest absolute Gasteiger partial charge is 0.320 e. The van der Waals surface area contributed by atoms with E-state index in [9.17, 15) is 9.90 Å². The van der Waals surface area contributed by atoms with Crippen molar-refractivity contribution in [3.8, 4) is 0 Å². The Bertz CT molecular complexity index is 301. The number of morpholine rings is 1. The quantitative estimate of drug-likeness (QED) is 0.800. The molecule has 0 bridgehead atoms. The van der Waals surface area contributed by atoms with E-state index in [4.69, 9.17) is 4.74 Å². The molecule has 104 valence electrons. The molecule has 1 N–H and O–H groups in total. The van der Waals surface area contributed by atoms with Gasteiger partial charge in [0, 0.05) is 25.2 Å². The van der Waals surface area contributed by atoms with Gasteiger partial charge in [-0.05, 0) is 33.2 Å². The van der Waals surface area contributed by atoms with Crippen molar-refractivity contribution >= 4 is 5.97 Å². The van der Waals surface area contributed by atoms with Gasteiger partial charge in [-0.2, -0.15) is 0 Å². The van der Waals surface area contributed by atoms with Gasteiger partial charge in [0.25, 0.3) is 0 Å². The number of rotatable bonds is 4. The van der Waals surface area contributed by atoms with Crippen molar-refractivity contribution in [3.63, 3.8) is 0 Å². The second-order valence-corrected chi connectivity index (χ2v) is 5.88. The van der Waals surface area contributed by atoms with E-state index in [1.165, 1.54) is 0 Å². The molecule has 0 amide bonds. The Morgan fingerprint density at radius 2 is 2.00 bits per heavy atom. The molecule has 2 rings (SSSR count). The second kappa shape index (κ2) is 5.55. The number of hydrogen-bond acceptors (Lipinski definition) is 4. The Morgan fingerprint density at radius 3 is 2.61 bits per heavy atom. The van der Waals surface area contributed by atoms with Crippen molar-refractivity contribution < 1.29 is 14.6 Å². The van der Waals surface area contributed by atoms with Crippen LogP contribution in [0.25, 0.3) is 0 Å². The molecule has 0 aromatic heterocycles. The standard InChI is InChI=1S/C13H24N2O3/c1-13(2,15-6-8-18-9-7-15)10-14-5-3-4-11(14)12(16)17/h11H,3-10H2,1-2H3,(H,16,17)/t11-/m1/s1. The van der Waals surface area contributed by atoms with E-state index in [0.29, 0.717) is 0 Å².